The maximum atomic E-state index is 12.8. The highest BCUT2D eigenvalue weighted by Gasteiger charge is 2.36. The van der Waals surface area contributed by atoms with E-state index in [4.69, 9.17) is 18.2 Å². The van der Waals surface area contributed by atoms with Gasteiger partial charge < -0.3 is 14.3 Å². The van der Waals surface area contributed by atoms with Crippen LogP contribution < -0.4 is 10.5 Å². The van der Waals surface area contributed by atoms with Crippen molar-refractivity contribution in [3.8, 4) is 0 Å². The first-order chi connectivity index (χ1) is 17.4. The van der Waals surface area contributed by atoms with Crippen LogP contribution in [0.5, 0.6) is 0 Å². The molecule has 0 N–H and O–H groups in total. The van der Waals surface area contributed by atoms with Crippen LogP contribution >= 0.6 is 11.6 Å². The smallest absolute Gasteiger partial charge is 0.270 e. The Labute approximate surface area is 216 Å². The molecule has 0 aliphatic carbocycles. The molecule has 0 bridgehead atoms. The highest BCUT2D eigenvalue weighted by Crippen LogP contribution is 2.36. The Hall–Kier alpha value is -3.66. The fraction of sp³-hybridized carbons (Fsp3) is 0.276. The highest BCUT2D eigenvalue weighted by atomic mass is 35.5. The Bertz CT molecular complexity index is 1490. The van der Waals surface area contributed by atoms with Crippen LogP contribution in [0.25, 0.3) is 15.9 Å². The van der Waals surface area contributed by atoms with E-state index in [0.29, 0.717) is 11.3 Å². The van der Waals surface area contributed by atoms with Gasteiger partial charge in [-0.15, -0.1) is 4.98 Å². The monoisotopic (exact) mass is 497 g/mol. The molecule has 0 radical (unpaired) electrons. The van der Waals surface area contributed by atoms with Gasteiger partial charge in [-0.05, 0) is 49.2 Å². The average Bonchev–Trinajstić information content (AvgIpc) is 2.89. The van der Waals surface area contributed by atoms with Gasteiger partial charge in [-0.3, -0.25) is 9.69 Å². The molecule has 3 heterocycles. The van der Waals surface area contributed by atoms with Crippen molar-refractivity contribution in [2.45, 2.75) is 32.0 Å². The second-order valence-corrected chi connectivity index (χ2v) is 9.92. The minimum Gasteiger partial charge on any atom is -0.362 e. The van der Waals surface area contributed by atoms with Gasteiger partial charge in [0.2, 0.25) is 5.52 Å². The first-order valence-electron chi connectivity index (χ1n) is 12.1. The average molecular weight is 498 g/mol. The van der Waals surface area contributed by atoms with Gasteiger partial charge in [0.1, 0.15) is 0 Å². The lowest BCUT2D eigenvalue weighted by atomic mass is 9.93. The summed E-state index contributed by atoms with van der Waals surface area (Å²) in [6, 6.07) is 24.2. The molecular weight excluding hydrogens is 470 g/mol. The predicted octanol–water partition coefficient (Wildman–Crippen LogP) is 5.83. The van der Waals surface area contributed by atoms with E-state index >= 15 is 0 Å². The molecule has 36 heavy (non-hydrogen) atoms. The summed E-state index contributed by atoms with van der Waals surface area (Å²) in [5.41, 5.74) is 4.56. The topological polar surface area (TPSA) is 45.7 Å². The van der Waals surface area contributed by atoms with Gasteiger partial charge in [-0.2, -0.15) is 0 Å². The molecule has 0 saturated carbocycles. The molecule has 7 heteroatoms. The Morgan fingerprint density at radius 3 is 2.36 bits per heavy atom. The fourth-order valence-corrected chi connectivity index (χ4v) is 5.41. The van der Waals surface area contributed by atoms with Gasteiger partial charge in [0.05, 0.1) is 17.2 Å². The number of fused-ring (bicyclic) bond motifs is 1. The second-order valence-electron chi connectivity index (χ2n) is 9.49. The van der Waals surface area contributed by atoms with Crippen LogP contribution in [-0.2, 0) is 7.05 Å². The number of anilines is 1. The number of hydrogen-bond donors (Lipinski definition) is 0. The molecule has 2 aromatic carbocycles. The molecule has 1 fully saturated rings. The molecule has 2 aromatic heterocycles. The van der Waals surface area contributed by atoms with Crippen LogP contribution in [-0.4, -0.2) is 39.6 Å². The molecule has 4 aromatic rings. The van der Waals surface area contributed by atoms with Crippen LogP contribution in [0.2, 0.25) is 5.02 Å². The van der Waals surface area contributed by atoms with Crippen LogP contribution in [0.4, 0.5) is 11.5 Å². The summed E-state index contributed by atoms with van der Waals surface area (Å²) in [7, 11) is 1.74. The molecule has 1 aliphatic rings. The van der Waals surface area contributed by atoms with Crippen LogP contribution in [0, 0.1) is 6.57 Å². The molecule has 1 unspecified atom stereocenters. The van der Waals surface area contributed by atoms with E-state index in [0.717, 1.165) is 29.3 Å². The number of pyridine rings is 2. The molecule has 6 nitrogen and oxygen atoms in total. The summed E-state index contributed by atoms with van der Waals surface area (Å²) >= 11 is 6.21. The molecule has 5 rings (SSSR count). The minimum absolute atomic E-state index is 0.0790. The lowest BCUT2D eigenvalue weighted by Crippen LogP contribution is -2.57. The standard InChI is InChI=1S/C29H28ClN5O/c1-19-18-35(29(21-8-6-5-7-9-21)22-10-12-23(30)13-11-22)20(2)17-34(19)25-16-27(36)33(4)24-14-15-26(31-3)32-28(24)25/h5-16,19-20,29H,17-18H2,1-2,4H3/t19-,20+,29?/m0/s1. The van der Waals surface area contributed by atoms with Crippen molar-refractivity contribution in [2.24, 2.45) is 7.05 Å². The SMILES string of the molecule is [C-]#[N+]c1ccc2c(n1)c(N1C[C@@H](C)N(C(c3ccccc3)c3ccc(Cl)cc3)C[C@@H]1C)cc(=O)n2C. The van der Waals surface area contributed by atoms with E-state index < -0.39 is 0 Å². The predicted molar refractivity (Wildman–Crippen MR) is 146 cm³/mol. The normalized spacial score (nSPS) is 19.2. The van der Waals surface area contributed by atoms with E-state index in [2.05, 4.69) is 69.9 Å². The largest absolute Gasteiger partial charge is 0.362 e. The lowest BCUT2D eigenvalue weighted by molar-refractivity contribution is 0.130. The molecule has 0 amide bonds. The molecule has 0 spiro atoms. The number of nitrogens with zero attached hydrogens (tertiary/aromatic N) is 5. The number of benzene rings is 2. The first kappa shape index (κ1) is 24.1. The molecule has 182 valence electrons. The summed E-state index contributed by atoms with van der Waals surface area (Å²) in [5.74, 6) is 0.327. The number of piperazine rings is 1. The molecule has 3 atom stereocenters. The van der Waals surface area contributed by atoms with E-state index in [1.807, 2.05) is 24.3 Å². The van der Waals surface area contributed by atoms with E-state index in [-0.39, 0.29) is 23.7 Å². The minimum atomic E-state index is -0.0829. The fourth-order valence-electron chi connectivity index (χ4n) is 5.29. The van der Waals surface area contributed by atoms with Crippen molar-refractivity contribution in [3.63, 3.8) is 0 Å². The van der Waals surface area contributed by atoms with Crippen LogP contribution in [0.1, 0.15) is 31.0 Å². The summed E-state index contributed by atoms with van der Waals surface area (Å²) in [4.78, 5) is 25.8. The summed E-state index contributed by atoms with van der Waals surface area (Å²) in [6.07, 6.45) is 0. The molecular formula is C29H28ClN5O. The first-order valence-corrected chi connectivity index (χ1v) is 12.5. The Morgan fingerprint density at radius 1 is 0.972 bits per heavy atom. The number of aryl methyl sites for hydroxylation is 1. The van der Waals surface area contributed by atoms with Gasteiger partial charge in [-0.25, -0.2) is 0 Å². The van der Waals surface area contributed by atoms with Crippen LogP contribution in [0.15, 0.2) is 77.6 Å². The number of aromatic nitrogens is 2. The van der Waals surface area contributed by atoms with Gasteiger partial charge >= 0.3 is 0 Å². The number of halogens is 1. The van der Waals surface area contributed by atoms with Crippen molar-refractivity contribution < 1.29 is 0 Å². The third-order valence-electron chi connectivity index (χ3n) is 7.14. The summed E-state index contributed by atoms with van der Waals surface area (Å²) < 4.78 is 1.59. The van der Waals surface area contributed by atoms with Gasteiger partial charge in [-0.1, -0.05) is 60.6 Å². The van der Waals surface area contributed by atoms with Crippen molar-refractivity contribution in [3.05, 3.63) is 111 Å². The van der Waals surface area contributed by atoms with E-state index in [9.17, 15) is 4.79 Å². The van der Waals surface area contributed by atoms with Gasteiger partial charge in [0, 0.05) is 43.3 Å². The third-order valence-corrected chi connectivity index (χ3v) is 7.40. The lowest BCUT2D eigenvalue weighted by Gasteiger charge is -2.48. The number of hydrogen-bond acceptors (Lipinski definition) is 4. The Kier molecular flexibility index (Phi) is 6.53. The Morgan fingerprint density at radius 2 is 1.67 bits per heavy atom. The van der Waals surface area contributed by atoms with Crippen molar-refractivity contribution in [1.82, 2.24) is 14.5 Å². The van der Waals surface area contributed by atoms with Gasteiger partial charge in [0.25, 0.3) is 11.4 Å². The van der Waals surface area contributed by atoms with E-state index in [1.54, 1.807) is 23.7 Å². The molecule has 1 saturated heterocycles. The molecule has 1 aliphatic heterocycles. The second kappa shape index (κ2) is 9.77. The zero-order valence-electron chi connectivity index (χ0n) is 20.6. The maximum Gasteiger partial charge on any atom is 0.270 e. The van der Waals surface area contributed by atoms with Crippen LogP contribution in [0.3, 0.4) is 0 Å². The quantitative estimate of drug-likeness (QED) is 0.333. The van der Waals surface area contributed by atoms with Crippen molar-refractivity contribution in [1.29, 1.82) is 0 Å². The van der Waals surface area contributed by atoms with Crippen molar-refractivity contribution >= 4 is 34.1 Å². The maximum absolute atomic E-state index is 12.8. The van der Waals surface area contributed by atoms with Gasteiger partial charge in [0.15, 0.2) is 0 Å². The third kappa shape index (κ3) is 4.37. The zero-order valence-corrected chi connectivity index (χ0v) is 21.4. The summed E-state index contributed by atoms with van der Waals surface area (Å²) in [5, 5.41) is 0.723. The Balaban J connectivity index is 1.55. The summed E-state index contributed by atoms with van der Waals surface area (Å²) in [6.45, 7) is 13.4. The highest BCUT2D eigenvalue weighted by molar-refractivity contribution is 6.30. The van der Waals surface area contributed by atoms with E-state index in [1.165, 1.54) is 11.1 Å². The number of rotatable bonds is 4. The zero-order chi connectivity index (χ0) is 25.4. The van der Waals surface area contributed by atoms with Crippen molar-refractivity contribution in [2.75, 3.05) is 18.0 Å².